The van der Waals surface area contributed by atoms with Crippen molar-refractivity contribution in [2.45, 2.75) is 38.2 Å². The Morgan fingerprint density at radius 1 is 1.29 bits per heavy atom. The highest BCUT2D eigenvalue weighted by Gasteiger charge is 2.26. The van der Waals surface area contributed by atoms with Crippen molar-refractivity contribution in [1.82, 2.24) is 4.98 Å². The van der Waals surface area contributed by atoms with Crippen molar-refractivity contribution in [1.29, 1.82) is 0 Å². The van der Waals surface area contributed by atoms with Crippen molar-refractivity contribution in [2.75, 3.05) is 20.2 Å². The molecule has 0 spiro atoms. The normalized spacial score (nSPS) is 12.7. The van der Waals surface area contributed by atoms with Gasteiger partial charge >= 0.3 is 0 Å². The number of aromatic nitrogens is 1. The third kappa shape index (κ3) is 4.57. The van der Waals surface area contributed by atoms with Gasteiger partial charge in [-0.15, -0.1) is 0 Å². The van der Waals surface area contributed by atoms with Crippen LogP contribution in [0.3, 0.4) is 0 Å². The molecule has 0 saturated carbocycles. The number of carbonyl (C=O) groups excluding carboxylic acids is 1. The molecule has 7 nitrogen and oxygen atoms in total. The number of methoxy groups -OCH3 is 1. The number of ketones is 1. The van der Waals surface area contributed by atoms with Gasteiger partial charge in [-0.2, -0.15) is 0 Å². The van der Waals surface area contributed by atoms with E-state index in [9.17, 15) is 18.3 Å². The molecule has 0 amide bonds. The van der Waals surface area contributed by atoms with Crippen LogP contribution in [0.2, 0.25) is 0 Å². The number of hydrogen-bond acceptors (Lipinski definition) is 7. The van der Waals surface area contributed by atoms with Gasteiger partial charge < -0.3 is 14.6 Å². The second kappa shape index (κ2) is 7.98. The lowest BCUT2D eigenvalue weighted by atomic mass is 10.0. The van der Waals surface area contributed by atoms with Gasteiger partial charge in [0.05, 0.1) is 11.2 Å². The van der Waals surface area contributed by atoms with Crippen LogP contribution in [0.4, 0.5) is 0 Å². The quantitative estimate of drug-likeness (QED) is 0.556. The molecule has 0 aliphatic carbocycles. The summed E-state index contributed by atoms with van der Waals surface area (Å²) in [5.41, 5.74) is 0.886. The highest BCUT2D eigenvalue weighted by atomic mass is 32.2. The van der Waals surface area contributed by atoms with Crippen LogP contribution in [-0.2, 0) is 19.4 Å². The number of aliphatic hydroxyl groups is 1. The Balaban J connectivity index is 2.89. The van der Waals surface area contributed by atoms with E-state index in [0.717, 1.165) is 23.5 Å². The molecule has 152 valence electrons. The summed E-state index contributed by atoms with van der Waals surface area (Å²) in [6.07, 6.45) is 3.46. The number of ether oxygens (including phenoxy) is 2. The minimum absolute atomic E-state index is 0.0624. The predicted octanol–water partition coefficient (Wildman–Crippen LogP) is 2.59. The van der Waals surface area contributed by atoms with Crippen molar-refractivity contribution in [3.63, 3.8) is 0 Å². The van der Waals surface area contributed by atoms with Crippen molar-refractivity contribution in [2.24, 2.45) is 0 Å². The number of hydrogen-bond donors (Lipinski definition) is 1. The fraction of sp³-hybridized carbons (Fsp3) is 0.400. The lowest BCUT2D eigenvalue weighted by molar-refractivity contribution is -0.128. The number of carbonyl (C=O) groups is 1. The zero-order valence-electron chi connectivity index (χ0n) is 16.9. The summed E-state index contributed by atoms with van der Waals surface area (Å²) in [5, 5.41) is 10.4. The van der Waals surface area contributed by atoms with Crippen molar-refractivity contribution in [3.05, 3.63) is 35.0 Å². The molecule has 1 aromatic heterocycles. The lowest BCUT2D eigenvalue weighted by Crippen LogP contribution is -2.29. The van der Waals surface area contributed by atoms with Gasteiger partial charge in [-0.05, 0) is 57.0 Å². The van der Waals surface area contributed by atoms with Gasteiger partial charge in [0, 0.05) is 18.8 Å². The summed E-state index contributed by atoms with van der Waals surface area (Å²) in [7, 11) is -2.33. The lowest BCUT2D eigenvalue weighted by Gasteiger charge is -2.17. The zero-order valence-corrected chi connectivity index (χ0v) is 17.7. The molecule has 0 aliphatic rings. The number of aryl methyl sites for hydroxylation is 2. The number of benzene rings is 1. The monoisotopic (exact) mass is 407 g/mol. The molecule has 0 fully saturated rings. The average Bonchev–Trinajstić information content (AvgIpc) is 2.58. The van der Waals surface area contributed by atoms with Crippen LogP contribution in [0.1, 0.15) is 30.7 Å². The van der Waals surface area contributed by atoms with E-state index in [4.69, 9.17) is 9.47 Å². The first-order valence-corrected chi connectivity index (χ1v) is 10.5. The maximum atomic E-state index is 12.5. The maximum Gasteiger partial charge on any atom is 0.188 e. The Hall–Kier alpha value is -2.29. The number of rotatable bonds is 7. The van der Waals surface area contributed by atoms with E-state index in [2.05, 4.69) is 4.98 Å². The van der Waals surface area contributed by atoms with E-state index < -0.39 is 21.2 Å². The smallest absolute Gasteiger partial charge is 0.188 e. The van der Waals surface area contributed by atoms with E-state index in [0.29, 0.717) is 10.9 Å². The molecule has 8 heteroatoms. The molecule has 0 saturated heterocycles. The second-order valence-corrected chi connectivity index (χ2v) is 9.09. The molecule has 0 radical (unpaired) electrons. The minimum Gasteiger partial charge on any atom is -0.465 e. The van der Waals surface area contributed by atoms with Crippen molar-refractivity contribution < 1.29 is 27.8 Å². The SMILES string of the molecule is COCOc1c(S(C)(=O)=O)c(C=CC(=O)C(C)(C)O)nc2c(C)c(C)ccc12. The zero-order chi connectivity index (χ0) is 21.3. The Morgan fingerprint density at radius 3 is 2.46 bits per heavy atom. The molecule has 2 rings (SSSR count). The fourth-order valence-electron chi connectivity index (χ4n) is 2.63. The Morgan fingerprint density at radius 2 is 1.93 bits per heavy atom. The summed E-state index contributed by atoms with van der Waals surface area (Å²) < 4.78 is 35.7. The highest BCUT2D eigenvalue weighted by molar-refractivity contribution is 7.90. The van der Waals surface area contributed by atoms with Crippen LogP contribution in [0.5, 0.6) is 5.75 Å². The van der Waals surface area contributed by atoms with Crippen molar-refractivity contribution >= 4 is 32.6 Å². The van der Waals surface area contributed by atoms with Gasteiger partial charge in [0.2, 0.25) is 0 Å². The number of nitrogens with zero attached hydrogens (tertiary/aromatic N) is 1. The fourth-order valence-corrected chi connectivity index (χ4v) is 3.63. The van der Waals surface area contributed by atoms with Gasteiger partial charge in [0.15, 0.2) is 28.2 Å². The molecule has 2 aromatic rings. The third-order valence-corrected chi connectivity index (χ3v) is 5.44. The summed E-state index contributed by atoms with van der Waals surface area (Å²) in [5.74, 6) is -0.457. The molecular weight excluding hydrogens is 382 g/mol. The van der Waals surface area contributed by atoms with E-state index in [1.165, 1.54) is 27.0 Å². The van der Waals surface area contributed by atoms with Crippen LogP contribution >= 0.6 is 0 Å². The molecule has 0 bridgehead atoms. The third-order valence-electron chi connectivity index (χ3n) is 4.31. The number of sulfone groups is 1. The summed E-state index contributed by atoms with van der Waals surface area (Å²) in [4.78, 5) is 16.4. The average molecular weight is 407 g/mol. The molecule has 28 heavy (non-hydrogen) atoms. The Labute approximate surface area is 164 Å². The molecule has 1 N–H and O–H groups in total. The minimum atomic E-state index is -3.76. The van der Waals surface area contributed by atoms with E-state index in [1.54, 1.807) is 6.07 Å². The first-order valence-electron chi connectivity index (χ1n) is 8.58. The van der Waals surface area contributed by atoms with Gasteiger partial charge in [-0.25, -0.2) is 13.4 Å². The van der Waals surface area contributed by atoms with Gasteiger partial charge in [-0.3, -0.25) is 4.79 Å². The van der Waals surface area contributed by atoms with Crippen LogP contribution in [-0.4, -0.2) is 50.1 Å². The Bertz CT molecular complexity index is 1050. The summed E-state index contributed by atoms with van der Waals surface area (Å²) in [6.45, 7) is 6.35. The molecule has 0 atom stereocenters. The van der Waals surface area contributed by atoms with Gasteiger partial charge in [-0.1, -0.05) is 6.07 Å². The van der Waals surface area contributed by atoms with Crippen molar-refractivity contribution in [3.8, 4) is 5.75 Å². The first kappa shape index (κ1) is 22.0. The van der Waals surface area contributed by atoms with Crippen LogP contribution in [0.15, 0.2) is 23.1 Å². The molecular formula is C20H25NO6S. The summed E-state index contributed by atoms with van der Waals surface area (Å²) >= 11 is 0. The Kier molecular flexibility index (Phi) is 6.27. The largest absolute Gasteiger partial charge is 0.465 e. The van der Waals surface area contributed by atoms with Gasteiger partial charge in [0.25, 0.3) is 0 Å². The molecule has 1 aromatic carbocycles. The second-order valence-electron chi connectivity index (χ2n) is 7.14. The van der Waals surface area contributed by atoms with Gasteiger partial charge in [0.1, 0.15) is 10.5 Å². The van der Waals surface area contributed by atoms with Crippen LogP contribution < -0.4 is 4.74 Å². The number of pyridine rings is 1. The standard InChI is InChI=1S/C20H25NO6S/c1-12-7-8-14-17(13(12)2)21-15(9-10-16(22)20(3,4)23)19(28(6,24)25)18(14)27-11-26-5/h7-10,23H,11H2,1-6H3. The molecule has 1 heterocycles. The molecule has 0 aliphatic heterocycles. The van der Waals surface area contributed by atoms with E-state index >= 15 is 0 Å². The molecule has 0 unspecified atom stereocenters. The summed E-state index contributed by atoms with van der Waals surface area (Å²) in [6, 6.07) is 3.61. The van der Waals surface area contributed by atoms with E-state index in [1.807, 2.05) is 19.9 Å². The first-order chi connectivity index (χ1) is 12.9. The highest BCUT2D eigenvalue weighted by Crippen LogP contribution is 2.37. The maximum absolute atomic E-state index is 12.5. The number of fused-ring (bicyclic) bond motifs is 1. The topological polar surface area (TPSA) is 103 Å². The van der Waals surface area contributed by atoms with Crippen LogP contribution in [0, 0.1) is 13.8 Å². The predicted molar refractivity (Wildman–Crippen MR) is 107 cm³/mol. The van der Waals surface area contributed by atoms with E-state index in [-0.39, 0.29) is 23.1 Å². The van der Waals surface area contributed by atoms with Crippen LogP contribution in [0.25, 0.3) is 17.0 Å².